The van der Waals surface area contributed by atoms with Gasteiger partial charge in [0.2, 0.25) is 0 Å². The number of ether oxygens (including phenoxy) is 1. The van der Waals surface area contributed by atoms with E-state index in [0.29, 0.717) is 22.9 Å². The van der Waals surface area contributed by atoms with Crippen molar-refractivity contribution in [3.8, 4) is 0 Å². The maximum Gasteiger partial charge on any atom is 0.338 e. The van der Waals surface area contributed by atoms with Gasteiger partial charge in [-0.15, -0.1) is 0 Å². The molecule has 8 nitrogen and oxygen atoms in total. The molecule has 2 heterocycles. The number of carbonyl (C=O) groups excluding carboxylic acids is 1. The molecule has 0 saturated heterocycles. The molecule has 0 amide bonds. The number of nitrogens with zero attached hydrogens (tertiary/aromatic N) is 3. The summed E-state index contributed by atoms with van der Waals surface area (Å²) >= 11 is 0. The topological polar surface area (TPSA) is 96.8 Å². The number of para-hydroxylation sites is 1. The van der Waals surface area contributed by atoms with Gasteiger partial charge in [-0.1, -0.05) is 12.1 Å². The van der Waals surface area contributed by atoms with E-state index in [2.05, 4.69) is 10.1 Å². The van der Waals surface area contributed by atoms with Crippen LogP contribution in [0.3, 0.4) is 0 Å². The molecule has 0 aliphatic carbocycles. The van der Waals surface area contributed by atoms with Crippen LogP contribution in [0.5, 0.6) is 0 Å². The van der Waals surface area contributed by atoms with Crippen molar-refractivity contribution in [1.29, 1.82) is 0 Å². The third-order valence-electron chi connectivity index (χ3n) is 5.03. The molecule has 1 aromatic heterocycles. The Morgan fingerprint density at radius 3 is 2.63 bits per heavy atom. The Kier molecular flexibility index (Phi) is 5.47. The molecule has 0 radical (unpaired) electrons. The molecule has 8 heteroatoms. The number of esters is 1. The number of rotatable bonds is 6. The van der Waals surface area contributed by atoms with Crippen LogP contribution in [0.25, 0.3) is 10.9 Å². The standard InChI is InChI=1S/C22H22N4O4/c1-15-11-13-26(24-15)17-9-7-16(8-10-17)21(28)30-14-4-12-25-20(27)18-5-2-3-6-19(18)23-22(25)29/h2-3,5-10H,4,11-14H2,1H3,(H,23,29). The van der Waals surface area contributed by atoms with Gasteiger partial charge in [0.1, 0.15) is 0 Å². The Bertz CT molecular complexity index is 1220. The summed E-state index contributed by atoms with van der Waals surface area (Å²) in [5.41, 5.74) is 2.14. The number of nitrogens with one attached hydrogen (secondary N) is 1. The van der Waals surface area contributed by atoms with E-state index < -0.39 is 11.7 Å². The summed E-state index contributed by atoms with van der Waals surface area (Å²) in [6, 6.07) is 14.0. The van der Waals surface area contributed by atoms with Crippen LogP contribution in [0.1, 0.15) is 30.1 Å². The Morgan fingerprint density at radius 2 is 1.90 bits per heavy atom. The Balaban J connectivity index is 1.34. The number of hydrogen-bond donors (Lipinski definition) is 1. The van der Waals surface area contributed by atoms with E-state index in [4.69, 9.17) is 4.74 Å². The molecule has 1 aliphatic rings. The fourth-order valence-electron chi connectivity index (χ4n) is 3.40. The number of hydrazone groups is 1. The lowest BCUT2D eigenvalue weighted by molar-refractivity contribution is 0.0495. The van der Waals surface area contributed by atoms with Crippen LogP contribution in [0, 0.1) is 0 Å². The van der Waals surface area contributed by atoms with Crippen molar-refractivity contribution >= 4 is 28.3 Å². The summed E-state index contributed by atoms with van der Waals surface area (Å²) in [5.74, 6) is -0.442. The van der Waals surface area contributed by atoms with Crippen molar-refractivity contribution in [2.24, 2.45) is 5.10 Å². The second-order valence-corrected chi connectivity index (χ2v) is 7.18. The summed E-state index contributed by atoms with van der Waals surface area (Å²) in [6.45, 7) is 3.10. The minimum atomic E-state index is -0.472. The molecule has 1 N–H and O–H groups in total. The lowest BCUT2D eigenvalue weighted by atomic mass is 10.2. The number of aromatic nitrogens is 2. The minimum absolute atomic E-state index is 0.106. The van der Waals surface area contributed by atoms with Crippen LogP contribution in [0.2, 0.25) is 0 Å². The summed E-state index contributed by atoms with van der Waals surface area (Å²) in [6.07, 6.45) is 1.29. The van der Waals surface area contributed by atoms with Crippen LogP contribution in [-0.2, 0) is 11.3 Å². The highest BCUT2D eigenvalue weighted by molar-refractivity contribution is 5.90. The van der Waals surface area contributed by atoms with Gasteiger partial charge < -0.3 is 9.72 Å². The maximum atomic E-state index is 12.5. The van der Waals surface area contributed by atoms with Gasteiger partial charge in [0.25, 0.3) is 5.56 Å². The first-order valence-electron chi connectivity index (χ1n) is 9.83. The van der Waals surface area contributed by atoms with Crippen molar-refractivity contribution in [3.05, 3.63) is 74.9 Å². The van der Waals surface area contributed by atoms with Gasteiger partial charge in [-0.3, -0.25) is 14.4 Å². The van der Waals surface area contributed by atoms with Gasteiger partial charge in [-0.2, -0.15) is 5.10 Å². The largest absolute Gasteiger partial charge is 0.462 e. The van der Waals surface area contributed by atoms with E-state index >= 15 is 0 Å². The molecular formula is C22H22N4O4. The van der Waals surface area contributed by atoms with Gasteiger partial charge in [0.05, 0.1) is 28.8 Å². The number of carbonyl (C=O) groups is 1. The molecule has 0 bridgehead atoms. The average molecular weight is 406 g/mol. The molecule has 0 saturated carbocycles. The van der Waals surface area contributed by atoms with E-state index in [1.54, 1.807) is 36.4 Å². The average Bonchev–Trinajstić information content (AvgIpc) is 3.19. The van der Waals surface area contributed by atoms with Crippen LogP contribution >= 0.6 is 0 Å². The normalized spacial score (nSPS) is 13.5. The number of aromatic amines is 1. The summed E-state index contributed by atoms with van der Waals surface area (Å²) < 4.78 is 6.42. The number of H-pyrrole nitrogens is 1. The van der Waals surface area contributed by atoms with Gasteiger partial charge in [0.15, 0.2) is 0 Å². The fraction of sp³-hybridized carbons (Fsp3) is 0.273. The van der Waals surface area contributed by atoms with Crippen molar-refractivity contribution in [2.75, 3.05) is 18.2 Å². The number of hydrogen-bond acceptors (Lipinski definition) is 6. The van der Waals surface area contributed by atoms with Crippen LogP contribution < -0.4 is 16.3 Å². The van der Waals surface area contributed by atoms with Crippen molar-refractivity contribution < 1.29 is 9.53 Å². The highest BCUT2D eigenvalue weighted by atomic mass is 16.5. The van der Waals surface area contributed by atoms with Crippen molar-refractivity contribution in [2.45, 2.75) is 26.3 Å². The first-order chi connectivity index (χ1) is 14.5. The van der Waals surface area contributed by atoms with Crippen molar-refractivity contribution in [1.82, 2.24) is 9.55 Å². The highest BCUT2D eigenvalue weighted by Crippen LogP contribution is 2.20. The third kappa shape index (κ3) is 4.03. The van der Waals surface area contributed by atoms with E-state index in [1.165, 1.54) is 0 Å². The summed E-state index contributed by atoms with van der Waals surface area (Å²) in [7, 11) is 0. The van der Waals surface area contributed by atoms with E-state index in [0.717, 1.165) is 28.9 Å². The highest BCUT2D eigenvalue weighted by Gasteiger charge is 2.14. The van der Waals surface area contributed by atoms with E-state index in [1.807, 2.05) is 24.1 Å². The maximum absolute atomic E-state index is 12.5. The molecular weight excluding hydrogens is 384 g/mol. The lowest BCUT2D eigenvalue weighted by Gasteiger charge is -2.13. The first-order valence-corrected chi connectivity index (χ1v) is 9.83. The molecule has 0 atom stereocenters. The zero-order valence-corrected chi connectivity index (χ0v) is 16.6. The fourth-order valence-corrected chi connectivity index (χ4v) is 3.40. The zero-order valence-electron chi connectivity index (χ0n) is 16.6. The van der Waals surface area contributed by atoms with Crippen molar-refractivity contribution in [3.63, 3.8) is 0 Å². The second kappa shape index (κ2) is 8.36. The Hall–Kier alpha value is -3.68. The monoisotopic (exact) mass is 406 g/mol. The van der Waals surface area contributed by atoms with Crippen LogP contribution in [-0.4, -0.2) is 34.4 Å². The molecule has 30 heavy (non-hydrogen) atoms. The summed E-state index contributed by atoms with van der Waals surface area (Å²) in [5, 5.41) is 6.79. The molecule has 1 aliphatic heterocycles. The first kappa shape index (κ1) is 19.6. The molecule has 0 fully saturated rings. The SMILES string of the molecule is CC1=NN(c2ccc(C(=O)OCCCn3c(=O)[nH]c4ccccc4c3=O)cc2)CC1. The molecule has 4 rings (SSSR count). The third-order valence-corrected chi connectivity index (χ3v) is 5.03. The van der Waals surface area contributed by atoms with Crippen LogP contribution in [0.4, 0.5) is 5.69 Å². The summed E-state index contributed by atoms with van der Waals surface area (Å²) in [4.78, 5) is 39.6. The molecule has 0 spiro atoms. The molecule has 154 valence electrons. The van der Waals surface area contributed by atoms with E-state index in [9.17, 15) is 14.4 Å². The lowest BCUT2D eigenvalue weighted by Crippen LogP contribution is -2.35. The second-order valence-electron chi connectivity index (χ2n) is 7.18. The molecule has 2 aromatic carbocycles. The number of anilines is 1. The Labute approximate surface area is 172 Å². The predicted molar refractivity (Wildman–Crippen MR) is 115 cm³/mol. The van der Waals surface area contributed by atoms with Crippen LogP contribution in [0.15, 0.2) is 63.2 Å². The minimum Gasteiger partial charge on any atom is -0.462 e. The quantitative estimate of drug-likeness (QED) is 0.501. The van der Waals surface area contributed by atoms with E-state index in [-0.39, 0.29) is 18.7 Å². The Morgan fingerprint density at radius 1 is 1.13 bits per heavy atom. The van der Waals surface area contributed by atoms with Gasteiger partial charge in [-0.05, 0) is 49.7 Å². The van der Waals surface area contributed by atoms with Gasteiger partial charge in [-0.25, -0.2) is 9.59 Å². The molecule has 3 aromatic rings. The van der Waals surface area contributed by atoms with Gasteiger partial charge >= 0.3 is 11.7 Å². The zero-order chi connectivity index (χ0) is 21.1. The number of benzene rings is 2. The number of fused-ring (bicyclic) bond motifs is 1. The molecule has 0 unspecified atom stereocenters. The smallest absolute Gasteiger partial charge is 0.338 e. The predicted octanol–water partition coefficient (Wildman–Crippen LogP) is 2.52. The van der Waals surface area contributed by atoms with Gasteiger partial charge in [0, 0.05) is 25.2 Å².